The van der Waals surface area contributed by atoms with E-state index in [9.17, 15) is 0 Å². The van der Waals surface area contributed by atoms with Crippen LogP contribution in [0.1, 0.15) is 12.5 Å². The van der Waals surface area contributed by atoms with Crippen molar-refractivity contribution in [3.05, 3.63) is 48.9 Å². The minimum Gasteiger partial charge on any atom is -0.373 e. The summed E-state index contributed by atoms with van der Waals surface area (Å²) in [6.45, 7) is 5.79. The second-order valence-corrected chi connectivity index (χ2v) is 4.20. The number of rotatable bonds is 4. The average molecular weight is 254 g/mol. The first-order valence-electron chi connectivity index (χ1n) is 6.15. The molecule has 0 aliphatic heterocycles. The van der Waals surface area contributed by atoms with Crippen LogP contribution in [0.15, 0.2) is 43.4 Å². The summed E-state index contributed by atoms with van der Waals surface area (Å²) in [7, 11) is 3.83. The van der Waals surface area contributed by atoms with Crippen LogP contribution in [0.4, 0.5) is 5.82 Å². The van der Waals surface area contributed by atoms with Gasteiger partial charge in [0.15, 0.2) is 0 Å². The normalized spacial score (nSPS) is 11.4. The Balaban J connectivity index is 2.53. The molecule has 4 nitrogen and oxygen atoms in total. The van der Waals surface area contributed by atoms with Gasteiger partial charge in [0.05, 0.1) is 11.7 Å². The van der Waals surface area contributed by atoms with Gasteiger partial charge in [0.25, 0.3) is 0 Å². The summed E-state index contributed by atoms with van der Waals surface area (Å²) in [5.41, 5.74) is 3.03. The highest BCUT2D eigenvalue weighted by Crippen LogP contribution is 2.22. The van der Waals surface area contributed by atoms with E-state index in [2.05, 4.69) is 27.9 Å². The third-order valence-electron chi connectivity index (χ3n) is 3.05. The van der Waals surface area contributed by atoms with E-state index in [1.807, 2.05) is 44.3 Å². The number of anilines is 1. The molecule has 0 fully saturated rings. The van der Waals surface area contributed by atoms with Crippen LogP contribution in [0.25, 0.3) is 16.6 Å². The first-order valence-corrected chi connectivity index (χ1v) is 6.15. The van der Waals surface area contributed by atoms with Crippen LogP contribution >= 0.6 is 0 Å². The zero-order valence-corrected chi connectivity index (χ0v) is 11.5. The molecule has 2 aromatic heterocycles. The first kappa shape index (κ1) is 13.1. The summed E-state index contributed by atoms with van der Waals surface area (Å²) in [4.78, 5) is 10.7. The molecule has 0 radical (unpaired) electrons. The molecule has 0 saturated carbocycles. The Hall–Kier alpha value is -2.36. The number of nitrogens with zero attached hydrogens (tertiary/aromatic N) is 3. The van der Waals surface area contributed by atoms with Crippen LogP contribution in [-0.4, -0.2) is 29.0 Å². The largest absolute Gasteiger partial charge is 0.373 e. The Bertz CT molecular complexity index is 631. The van der Waals surface area contributed by atoms with Gasteiger partial charge in [0.1, 0.15) is 5.82 Å². The highest BCUT2D eigenvalue weighted by Gasteiger charge is 2.06. The highest BCUT2D eigenvalue weighted by atomic mass is 15.1. The summed E-state index contributed by atoms with van der Waals surface area (Å²) in [6, 6.07) is 4.10. The molecule has 4 heteroatoms. The van der Waals surface area contributed by atoms with Gasteiger partial charge in [-0.25, -0.2) is 4.98 Å². The lowest BCUT2D eigenvalue weighted by molar-refractivity contribution is 0.656. The third-order valence-corrected chi connectivity index (χ3v) is 3.05. The summed E-state index contributed by atoms with van der Waals surface area (Å²) in [6.07, 6.45) is 7.46. The second-order valence-electron chi connectivity index (χ2n) is 4.20. The van der Waals surface area contributed by atoms with Crippen molar-refractivity contribution in [1.82, 2.24) is 14.9 Å². The van der Waals surface area contributed by atoms with Gasteiger partial charge in [-0.05, 0) is 25.3 Å². The van der Waals surface area contributed by atoms with Crippen LogP contribution in [0.2, 0.25) is 0 Å². The fourth-order valence-corrected chi connectivity index (χ4v) is 1.98. The Morgan fingerprint density at radius 2 is 2.11 bits per heavy atom. The van der Waals surface area contributed by atoms with Gasteiger partial charge in [-0.1, -0.05) is 12.7 Å². The molecule has 0 amide bonds. The number of hydrogen-bond acceptors (Lipinski definition) is 4. The van der Waals surface area contributed by atoms with Gasteiger partial charge >= 0.3 is 0 Å². The van der Waals surface area contributed by atoms with Gasteiger partial charge in [0, 0.05) is 36.9 Å². The Morgan fingerprint density at radius 1 is 1.32 bits per heavy atom. The summed E-state index contributed by atoms with van der Waals surface area (Å²) in [5, 5.41) is 4.10. The highest BCUT2D eigenvalue weighted by molar-refractivity contribution is 5.83. The second kappa shape index (κ2) is 5.52. The Morgan fingerprint density at radius 3 is 2.74 bits per heavy atom. The van der Waals surface area contributed by atoms with E-state index in [4.69, 9.17) is 0 Å². The topological polar surface area (TPSA) is 41.1 Å². The maximum absolute atomic E-state index is 4.45. The van der Waals surface area contributed by atoms with E-state index >= 15 is 0 Å². The van der Waals surface area contributed by atoms with Gasteiger partial charge in [-0.2, -0.15) is 0 Å². The lowest BCUT2D eigenvalue weighted by Crippen LogP contribution is -2.08. The molecular weight excluding hydrogens is 236 g/mol. The number of fused-ring (bicyclic) bond motifs is 1. The van der Waals surface area contributed by atoms with E-state index < -0.39 is 0 Å². The molecule has 0 atom stereocenters. The molecule has 0 aliphatic rings. The number of nitrogens with one attached hydrogen (secondary N) is 1. The zero-order chi connectivity index (χ0) is 13.8. The van der Waals surface area contributed by atoms with Crippen molar-refractivity contribution in [2.45, 2.75) is 6.92 Å². The predicted molar refractivity (Wildman–Crippen MR) is 80.7 cm³/mol. The van der Waals surface area contributed by atoms with Crippen LogP contribution in [0.5, 0.6) is 0 Å². The molecule has 0 unspecified atom stereocenters. The van der Waals surface area contributed by atoms with Crippen molar-refractivity contribution in [1.29, 1.82) is 0 Å². The van der Waals surface area contributed by atoms with Crippen LogP contribution in [-0.2, 0) is 0 Å². The van der Waals surface area contributed by atoms with E-state index in [1.165, 1.54) is 0 Å². The monoisotopic (exact) mass is 254 g/mol. The molecule has 0 spiro atoms. The van der Waals surface area contributed by atoms with E-state index in [0.717, 1.165) is 28.0 Å². The van der Waals surface area contributed by atoms with Crippen LogP contribution in [0, 0.1) is 0 Å². The van der Waals surface area contributed by atoms with Gasteiger partial charge in [-0.3, -0.25) is 4.98 Å². The number of hydrogen-bond donors (Lipinski definition) is 1. The zero-order valence-electron chi connectivity index (χ0n) is 11.5. The van der Waals surface area contributed by atoms with E-state index in [1.54, 1.807) is 12.4 Å². The first-order chi connectivity index (χ1) is 9.19. The summed E-state index contributed by atoms with van der Waals surface area (Å²) < 4.78 is 0. The molecule has 1 N–H and O–H groups in total. The summed E-state index contributed by atoms with van der Waals surface area (Å²) in [5.74, 6) is 0.838. The van der Waals surface area contributed by atoms with Crippen molar-refractivity contribution in [3.8, 4) is 0 Å². The molecule has 2 aromatic rings. The standard InChI is InChI=1S/C15H18N4/c1-5-14(19(4)6-2)12-7-11-8-15(16-3)18-10-13(11)17-9-12/h5-10H,2H2,1,3-4H3,(H,16,18)/b14-5-. The SMILES string of the molecule is C=CN(C)/C(=C\C)c1cnc2cnc(NC)cc2c1. The van der Waals surface area contributed by atoms with E-state index in [-0.39, 0.29) is 0 Å². The summed E-state index contributed by atoms with van der Waals surface area (Å²) >= 11 is 0. The average Bonchev–Trinajstić information content (AvgIpc) is 2.46. The fourth-order valence-electron chi connectivity index (χ4n) is 1.98. The van der Waals surface area contributed by atoms with Gasteiger partial charge < -0.3 is 10.2 Å². The molecular formula is C15H18N4. The number of allylic oxidation sites excluding steroid dienone is 1. The molecule has 0 aliphatic carbocycles. The lowest BCUT2D eigenvalue weighted by atomic mass is 10.1. The minimum absolute atomic E-state index is 0.838. The Kier molecular flexibility index (Phi) is 3.80. The minimum atomic E-state index is 0.838. The fraction of sp³-hybridized carbons (Fsp3) is 0.200. The molecule has 98 valence electrons. The van der Waals surface area contributed by atoms with Crippen molar-refractivity contribution in [2.75, 3.05) is 19.4 Å². The molecule has 0 saturated heterocycles. The van der Waals surface area contributed by atoms with Crippen molar-refractivity contribution < 1.29 is 0 Å². The van der Waals surface area contributed by atoms with Crippen LogP contribution in [0.3, 0.4) is 0 Å². The molecule has 0 bridgehead atoms. The Labute approximate surface area is 113 Å². The number of aromatic nitrogens is 2. The smallest absolute Gasteiger partial charge is 0.126 e. The van der Waals surface area contributed by atoms with Crippen molar-refractivity contribution in [2.24, 2.45) is 0 Å². The molecule has 2 heterocycles. The molecule has 2 rings (SSSR count). The predicted octanol–water partition coefficient (Wildman–Crippen LogP) is 3.11. The maximum atomic E-state index is 4.45. The quantitative estimate of drug-likeness (QED) is 0.910. The molecule has 0 aromatic carbocycles. The van der Waals surface area contributed by atoms with E-state index in [0.29, 0.717) is 0 Å². The number of pyridine rings is 2. The van der Waals surface area contributed by atoms with Crippen LogP contribution < -0.4 is 5.32 Å². The molecule has 19 heavy (non-hydrogen) atoms. The third kappa shape index (κ3) is 2.57. The van der Waals surface area contributed by atoms with Gasteiger partial charge in [-0.15, -0.1) is 0 Å². The maximum Gasteiger partial charge on any atom is 0.126 e. The lowest BCUT2D eigenvalue weighted by Gasteiger charge is -2.18. The van der Waals surface area contributed by atoms with Crippen molar-refractivity contribution in [3.63, 3.8) is 0 Å². The van der Waals surface area contributed by atoms with Gasteiger partial charge in [0.2, 0.25) is 0 Å². The van der Waals surface area contributed by atoms with Crippen molar-refractivity contribution >= 4 is 22.4 Å².